The molecule has 0 fully saturated rings. The lowest BCUT2D eigenvalue weighted by Crippen LogP contribution is -2.44. The van der Waals surface area contributed by atoms with Crippen molar-refractivity contribution in [3.05, 3.63) is 201 Å². The van der Waals surface area contributed by atoms with Crippen LogP contribution in [0.1, 0.15) is 116 Å². The predicted molar refractivity (Wildman–Crippen MR) is 457 cm³/mol. The number of Topliss-reactive ketones (excluding diaryl/α,β-unsaturated/α-hetero) is 1. The quantitative estimate of drug-likeness (QED) is 0.00874. The molecule has 0 amide bonds. The van der Waals surface area contributed by atoms with Gasteiger partial charge in [-0.05, 0) is 202 Å². The molecule has 1 unspecified atom stereocenters. The molecule has 7 aliphatic heterocycles. The van der Waals surface area contributed by atoms with Crippen LogP contribution in [0.15, 0.2) is 111 Å². The molecule has 624 valence electrons. The highest BCUT2D eigenvalue weighted by Gasteiger charge is 2.27. The molecular formula is C81H100N20O15P2. The van der Waals surface area contributed by atoms with E-state index in [0.717, 1.165) is 91.8 Å². The molecule has 0 saturated heterocycles. The Kier molecular flexibility index (Phi) is 28.3. The van der Waals surface area contributed by atoms with Crippen molar-refractivity contribution in [1.29, 1.82) is 0 Å². The van der Waals surface area contributed by atoms with E-state index in [1.165, 1.54) is 13.6 Å². The molecular weight excluding hydrogens is 1550 g/mol. The van der Waals surface area contributed by atoms with Crippen LogP contribution in [0.5, 0.6) is 0 Å². The Hall–Kier alpha value is -11.7. The van der Waals surface area contributed by atoms with E-state index in [4.69, 9.17) is 14.5 Å². The fourth-order valence-electron chi connectivity index (χ4n) is 13.3. The number of unbranched alkanes of at least 4 members (excludes halogenated alkanes) is 3. The van der Waals surface area contributed by atoms with Crippen LogP contribution in [0.4, 0.5) is 28.6 Å². The summed E-state index contributed by atoms with van der Waals surface area (Å²) in [5.41, 5.74) is 12.0. The molecule has 0 bridgehead atoms. The molecule has 5 aromatic carbocycles. The molecule has 8 heterocycles. The lowest BCUT2D eigenvalue weighted by atomic mass is 10.1. The van der Waals surface area contributed by atoms with Gasteiger partial charge >= 0.3 is 30.6 Å². The lowest BCUT2D eigenvalue weighted by Gasteiger charge is -2.28. The van der Waals surface area contributed by atoms with Gasteiger partial charge in [0.1, 0.15) is 11.1 Å². The first kappa shape index (κ1) is 88.7. The average molecular weight is 1660 g/mol. The van der Waals surface area contributed by atoms with Crippen LogP contribution in [-0.2, 0) is 38.3 Å². The second kappa shape index (κ2) is 37.7. The second-order valence-electron chi connectivity index (χ2n) is 30.5. The van der Waals surface area contributed by atoms with Gasteiger partial charge in [-0.15, -0.1) is 0 Å². The van der Waals surface area contributed by atoms with Crippen molar-refractivity contribution in [3.63, 3.8) is 0 Å². The maximum Gasteiger partial charge on any atom is 0.349 e. The largest absolute Gasteiger partial charge is 0.460 e. The zero-order valence-electron chi connectivity index (χ0n) is 68.6. The van der Waals surface area contributed by atoms with Gasteiger partial charge in [0.15, 0.2) is 58.9 Å². The number of carbonyl (C=O) groups is 2. The Morgan fingerprint density at radius 1 is 0.534 bits per heavy atom. The van der Waals surface area contributed by atoms with Crippen LogP contribution in [-0.4, -0.2) is 173 Å². The van der Waals surface area contributed by atoms with Crippen LogP contribution in [0.25, 0.3) is 74.2 Å². The Morgan fingerprint density at radius 2 is 1.02 bits per heavy atom. The molecule has 118 heavy (non-hydrogen) atoms. The Balaban J connectivity index is 0.000000166. The minimum Gasteiger partial charge on any atom is -0.460 e. The van der Waals surface area contributed by atoms with Crippen LogP contribution >= 0.6 is 15.0 Å². The normalized spacial score (nSPS) is 12.4. The Bertz CT molecular complexity index is 6370. The summed E-state index contributed by atoms with van der Waals surface area (Å²) < 4.78 is 33.2. The van der Waals surface area contributed by atoms with Gasteiger partial charge in [0, 0.05) is 103 Å². The summed E-state index contributed by atoms with van der Waals surface area (Å²) in [6.07, 6.45) is 4.26. The maximum absolute atomic E-state index is 12.3. The number of anilines is 4. The average Bonchev–Trinajstić information content (AvgIpc) is 0.773. The molecule has 0 spiro atoms. The van der Waals surface area contributed by atoms with Crippen molar-refractivity contribution in [2.75, 3.05) is 87.5 Å². The van der Waals surface area contributed by atoms with E-state index < -0.39 is 54.3 Å². The number of aromatic amines is 4. The minimum absolute atomic E-state index is 0.00334. The van der Waals surface area contributed by atoms with Gasteiger partial charge in [-0.1, -0.05) is 31.6 Å². The fraction of sp³-hybridized carbons (Fsp3) is 0.395. The number of nitrogens with one attached hydrogen (secondary N) is 7. The van der Waals surface area contributed by atoms with Crippen molar-refractivity contribution in [2.45, 2.75) is 140 Å². The van der Waals surface area contributed by atoms with Gasteiger partial charge in [0.25, 0.3) is 22.2 Å². The summed E-state index contributed by atoms with van der Waals surface area (Å²) in [6.45, 7) is 30.4. The monoisotopic (exact) mass is 1650 g/mol. The summed E-state index contributed by atoms with van der Waals surface area (Å²) in [4.78, 5) is 183. The number of aromatic nitrogens is 14. The Morgan fingerprint density at radius 3 is 1.54 bits per heavy atom. The van der Waals surface area contributed by atoms with E-state index in [-0.39, 0.29) is 75.4 Å². The number of esters is 1. The molecule has 1 atom stereocenters. The summed E-state index contributed by atoms with van der Waals surface area (Å²) in [7, 11) is -3.08. The van der Waals surface area contributed by atoms with Crippen molar-refractivity contribution in [2.24, 2.45) is 4.99 Å². The predicted octanol–water partition coefficient (Wildman–Crippen LogP) is 6.82. The van der Waals surface area contributed by atoms with Crippen LogP contribution < -0.4 is 75.9 Å². The van der Waals surface area contributed by atoms with Gasteiger partial charge in [-0.25, -0.2) is 39.3 Å². The first-order valence-corrected chi connectivity index (χ1v) is 42.5. The second-order valence-corrected chi connectivity index (χ2v) is 34.8. The molecule has 6 aromatic rings. The number of ether oxygens (including phenoxy) is 1. The third-order valence-corrected chi connectivity index (χ3v) is 21.5. The van der Waals surface area contributed by atoms with E-state index in [2.05, 4.69) is 82.3 Å². The SMILES string of the molecule is C=c1nc2c(c(=O)[nH]1)=Nc1cc(C)c(C)cc1N2CCNCCP(=O)(O)O.CC(=O)c1cccc(NCCn2c3nc(=O)[nH]c(=O)c-3nc3cc(C)c(C)cc32)c1.Cc1cc2nc3c(=O)[nH]c(=O)nc-3n(CCCCCCP(C)(=O)O)c2cc1N(C)C.Cc1cc2nc3c(=O)[nH]c(=O)nc-3n(CCNCCCC(=O)OC(C)(C)C)c2cc1C. The highest BCUT2D eigenvalue weighted by atomic mass is 31.2. The van der Waals surface area contributed by atoms with E-state index in [1.54, 1.807) is 12.1 Å². The van der Waals surface area contributed by atoms with Crippen molar-refractivity contribution in [3.8, 4) is 34.6 Å². The zero-order chi connectivity index (χ0) is 86.0. The van der Waals surface area contributed by atoms with Gasteiger partial charge in [-0.3, -0.25) is 52.8 Å². The van der Waals surface area contributed by atoms with Gasteiger partial charge < -0.3 is 63.9 Å². The molecule has 0 radical (unpaired) electrons. The molecule has 0 saturated carbocycles. The number of aryl methyl sites for hydroxylation is 8. The lowest BCUT2D eigenvalue weighted by molar-refractivity contribution is -0.154. The highest BCUT2D eigenvalue weighted by molar-refractivity contribution is 7.57. The first-order chi connectivity index (χ1) is 55.6. The molecule has 10 N–H and O–H groups in total. The molecule has 1 aromatic heterocycles. The summed E-state index contributed by atoms with van der Waals surface area (Å²) in [5, 5.41) is 9.83. The van der Waals surface area contributed by atoms with Gasteiger partial charge in [-0.2, -0.15) is 15.0 Å². The molecule has 7 aliphatic rings. The molecule has 0 aliphatic carbocycles. The van der Waals surface area contributed by atoms with Crippen molar-refractivity contribution >= 4 is 95.0 Å². The number of carbonyl (C=O) groups excluding carboxylic acids is 2. The maximum atomic E-state index is 12.3. The summed E-state index contributed by atoms with van der Waals surface area (Å²) in [5.74, 6) is 0.997. The van der Waals surface area contributed by atoms with E-state index >= 15 is 0 Å². The fourth-order valence-corrected chi connectivity index (χ4v) is 14.6. The number of H-pyrrole nitrogens is 4. The number of benzene rings is 5. The molecule has 35 nitrogen and oxygen atoms in total. The minimum atomic E-state index is -4.03. The number of rotatable bonds is 26. The number of ketones is 1. The Labute approximate surface area is 677 Å². The molecule has 37 heteroatoms. The van der Waals surface area contributed by atoms with Crippen LogP contribution in [0.3, 0.4) is 0 Å². The third-order valence-electron chi connectivity index (χ3n) is 19.5. The summed E-state index contributed by atoms with van der Waals surface area (Å²) in [6, 6.07) is 23.0. The zero-order valence-corrected chi connectivity index (χ0v) is 70.4. The molecule has 13 rings (SSSR count). The van der Waals surface area contributed by atoms with Gasteiger partial charge in [0.05, 0.1) is 50.6 Å². The third kappa shape index (κ3) is 22.7. The number of hydrogen-bond acceptors (Lipinski definition) is 25. The number of fused-ring (bicyclic) bond motifs is 8. The number of nitrogens with zero attached hydrogens (tertiary/aromatic N) is 13. The first-order valence-electron chi connectivity index (χ1n) is 38.5. The van der Waals surface area contributed by atoms with E-state index in [0.29, 0.717) is 111 Å². The smallest absolute Gasteiger partial charge is 0.349 e. The van der Waals surface area contributed by atoms with Crippen LogP contribution in [0.2, 0.25) is 0 Å². The van der Waals surface area contributed by atoms with Crippen LogP contribution in [0, 0.1) is 48.5 Å². The topological polar surface area (TPSA) is 481 Å². The van der Waals surface area contributed by atoms with E-state index in [9.17, 15) is 57.2 Å². The highest BCUT2D eigenvalue weighted by Crippen LogP contribution is 2.39. The standard InChI is InChI=1S/C22H29N5O4.C22H21N5O3.C20H28N5O4P.C17H22N5O4P/c1-13-11-15-16(12-14(13)2)27(19-18(24-15)20(29)26-21(30)25-19)10-9-23-8-6-7-17(28)31-22(3,4)5;1-12-9-17-18(10-13(12)2)27(20-19(24-17)21(29)26-22(30)25-20)8-7-23-16-6-4-5-15(11-16)14(3)28;1-13-11-14-16(12-15(13)24(2)3)25(9-7-5-6-8-10-30(4,28)29)18-17(21-14)19(26)23-20(27)22-18;1-10-8-13-14(9-11(10)2)22(6-4-18-5-7-27(24,25)26)16-15(21-13)17(23)20-12(3)19-16/h11-12,23H,6-10H2,1-5H3,(H,26,29,30);4-6,9-11,23H,7-8H2,1-3H3,(H,26,29,30);11-12H,5-10H2,1-4H3,(H,28,29)(H,23,26,27);8-9,18H,3-7H2,1-2H3,(H,20,23)(H2,24,25,26). The van der Waals surface area contributed by atoms with Gasteiger partial charge in [0.2, 0.25) is 0 Å². The van der Waals surface area contributed by atoms with E-state index in [1.807, 2.05) is 167 Å². The van der Waals surface area contributed by atoms with Crippen molar-refractivity contribution < 1.29 is 38.1 Å². The number of hydrogen-bond donors (Lipinski definition) is 10. The summed E-state index contributed by atoms with van der Waals surface area (Å²) >= 11 is 0. The van der Waals surface area contributed by atoms with Crippen molar-refractivity contribution in [1.82, 2.24) is 79.2 Å².